The number of halogens is 1. The number of H-pyrrole nitrogens is 2. The predicted octanol–water partition coefficient (Wildman–Crippen LogP) is 8.24. The molecule has 0 aliphatic rings. The number of carboxylic acid groups (broad SMARTS) is 1. The maximum Gasteiger partial charge on any atom is 0.357 e. The first-order chi connectivity index (χ1) is 36.2. The van der Waals surface area contributed by atoms with Gasteiger partial charge in [-0.15, -0.1) is 0 Å². The number of aromatic nitrogens is 8. The molecule has 0 spiro atoms. The fraction of sp³-hybridized carbons (Fsp3) is 0.200. The Hall–Kier alpha value is -9.27. The van der Waals surface area contributed by atoms with Gasteiger partial charge in [-0.3, -0.25) is 28.1 Å². The number of nitrogens with zero attached hydrogens (tertiary/aromatic N) is 6. The lowest BCUT2D eigenvalue weighted by Gasteiger charge is -2.17. The summed E-state index contributed by atoms with van der Waals surface area (Å²) in [4.78, 5) is 48.3. The van der Waals surface area contributed by atoms with Crippen molar-refractivity contribution in [1.29, 1.82) is 0 Å². The van der Waals surface area contributed by atoms with Crippen molar-refractivity contribution in [3.63, 3.8) is 0 Å². The molecule has 0 atom stereocenters. The van der Waals surface area contributed by atoms with Crippen molar-refractivity contribution in [3.8, 4) is 34.0 Å². The number of methoxy groups -OCH3 is 2. The number of benzene rings is 6. The summed E-state index contributed by atoms with van der Waals surface area (Å²) in [5, 5.41) is 57.8. The van der Waals surface area contributed by atoms with E-state index in [1.54, 1.807) is 106 Å². The minimum absolute atomic E-state index is 0.0184. The summed E-state index contributed by atoms with van der Waals surface area (Å²) in [5.41, 5.74) is 8.90. The van der Waals surface area contributed by atoms with Crippen LogP contribution >= 0.6 is 0 Å². The largest absolute Gasteiger partial charge is 0.496 e. The molecule has 75 heavy (non-hydrogen) atoms. The quantitative estimate of drug-likeness (QED) is 0.0601. The van der Waals surface area contributed by atoms with E-state index in [1.807, 2.05) is 66.7 Å². The van der Waals surface area contributed by atoms with E-state index in [4.69, 9.17) is 21.7 Å². The van der Waals surface area contributed by atoms with Gasteiger partial charge in [-0.1, -0.05) is 72.8 Å². The summed E-state index contributed by atoms with van der Waals surface area (Å²) in [5.74, 6) is -0.344. The maximum absolute atomic E-state index is 13.2. The molecule has 1 amide bonds. The van der Waals surface area contributed by atoms with E-state index in [1.165, 1.54) is 11.8 Å². The molecule has 10 aromatic rings. The highest BCUT2D eigenvalue weighted by molar-refractivity contribution is 6.11. The highest BCUT2D eigenvalue weighted by Crippen LogP contribution is 2.36. The Morgan fingerprint density at radius 3 is 1.49 bits per heavy atom. The minimum Gasteiger partial charge on any atom is -0.496 e. The number of carbonyl (C=O) groups is 2. The number of alkyl halides is 1. The summed E-state index contributed by atoms with van der Waals surface area (Å²) >= 11 is 0. The van der Waals surface area contributed by atoms with Gasteiger partial charge in [-0.2, -0.15) is 20.4 Å². The first-order valence-electron chi connectivity index (χ1n) is 23.8. The van der Waals surface area contributed by atoms with E-state index < -0.39 is 24.3 Å². The number of rotatable bonds is 11. The van der Waals surface area contributed by atoms with Crippen LogP contribution in [0.25, 0.3) is 65.9 Å². The average Bonchev–Trinajstić information content (AvgIpc) is 3.94. The Kier molecular flexibility index (Phi) is 15.7. The summed E-state index contributed by atoms with van der Waals surface area (Å²) in [6.07, 6.45) is 0. The molecule has 386 valence electrons. The number of amides is 1. The fourth-order valence-electron chi connectivity index (χ4n) is 8.25. The Balaban J connectivity index is 0.000000177. The van der Waals surface area contributed by atoms with Crippen LogP contribution in [0.1, 0.15) is 50.0 Å². The van der Waals surface area contributed by atoms with E-state index in [9.17, 15) is 33.8 Å². The molecule has 10 rings (SSSR count). The Labute approximate surface area is 429 Å². The lowest BCUT2D eigenvalue weighted by atomic mass is 10.0. The number of para-hydroxylation sites is 2. The summed E-state index contributed by atoms with van der Waals surface area (Å²) in [6.45, 7) is 7.19. The number of hydrogen-bond acceptors (Lipinski definition) is 13. The molecule has 0 bridgehead atoms. The first kappa shape index (κ1) is 52.1. The van der Waals surface area contributed by atoms with Crippen LogP contribution in [0, 0.1) is 0 Å². The van der Waals surface area contributed by atoms with Crippen molar-refractivity contribution in [2.75, 3.05) is 32.4 Å². The third-order valence-corrected chi connectivity index (χ3v) is 11.4. The van der Waals surface area contributed by atoms with Gasteiger partial charge in [0.2, 0.25) is 0 Å². The van der Waals surface area contributed by atoms with Crippen LogP contribution in [0.2, 0.25) is 0 Å². The fourth-order valence-corrected chi connectivity index (χ4v) is 8.25. The number of nitrogen functional groups attached to an aromatic ring is 1. The van der Waals surface area contributed by atoms with Gasteiger partial charge in [-0.25, -0.2) is 15.0 Å². The van der Waals surface area contributed by atoms with Crippen LogP contribution < -0.4 is 31.6 Å². The monoisotopic (exact) mass is 1020 g/mol. The number of aromatic amines is 2. The second-order valence-electron chi connectivity index (χ2n) is 18.2. The van der Waals surface area contributed by atoms with Crippen molar-refractivity contribution < 1.29 is 40.1 Å². The van der Waals surface area contributed by atoms with Gasteiger partial charge in [0.25, 0.3) is 17.0 Å². The number of hydrogen-bond donors (Lipinski definition) is 7. The Bertz CT molecular complexity index is 3840. The highest BCUT2D eigenvalue weighted by atomic mass is 19.1. The van der Waals surface area contributed by atoms with Crippen LogP contribution in [0.4, 0.5) is 15.8 Å². The van der Waals surface area contributed by atoms with E-state index in [0.29, 0.717) is 72.3 Å². The minimum atomic E-state index is -1.06. The van der Waals surface area contributed by atoms with Gasteiger partial charge in [0.15, 0.2) is 11.4 Å². The summed E-state index contributed by atoms with van der Waals surface area (Å²) < 4.78 is 29.6. The number of nitrogens with one attached hydrogen (secondary N) is 3. The molecular weight excluding hydrogens is 964 g/mol. The molecule has 8 N–H and O–H groups in total. The molecule has 6 aromatic carbocycles. The number of nitrogens with two attached hydrogens (primary N) is 1. The van der Waals surface area contributed by atoms with E-state index in [0.717, 1.165) is 16.5 Å². The zero-order valence-electron chi connectivity index (χ0n) is 42.8. The van der Waals surface area contributed by atoms with Gasteiger partial charge in [0.1, 0.15) is 22.9 Å². The van der Waals surface area contributed by atoms with E-state index >= 15 is 0 Å². The first-order valence-corrected chi connectivity index (χ1v) is 23.1. The van der Waals surface area contributed by atoms with Gasteiger partial charge in [0.05, 0.1) is 68.8 Å². The Morgan fingerprint density at radius 2 is 1.04 bits per heavy atom. The predicted molar refractivity (Wildman–Crippen MR) is 287 cm³/mol. The molecule has 0 unspecified atom stereocenters. The molecule has 0 saturated heterocycles. The normalized spacial score (nSPS) is 11.4. The average molecular weight is 1020 g/mol. The molecule has 0 aliphatic carbocycles. The van der Waals surface area contributed by atoms with Crippen molar-refractivity contribution >= 4 is 66.6 Å². The number of ether oxygens (including phenoxy) is 2. The third-order valence-electron chi connectivity index (χ3n) is 11.4. The van der Waals surface area contributed by atoms with Gasteiger partial charge >= 0.3 is 5.97 Å². The number of carbonyl (C=O) groups excluding carboxylic acids is 1. The zero-order chi connectivity index (χ0) is 54.9. The van der Waals surface area contributed by atoms with Crippen LogP contribution in [0.5, 0.6) is 11.5 Å². The zero-order valence-corrected chi connectivity index (χ0v) is 41.8. The lowest BCUT2D eigenvalue weighted by Crippen LogP contribution is -2.27. The molecule has 0 aliphatic heterocycles. The lowest BCUT2D eigenvalue weighted by molar-refractivity contribution is 0.0575. The maximum atomic E-state index is 13.2. The molecule has 0 fully saturated rings. The molecule has 20 heteroatoms. The molecule has 19 nitrogen and oxygen atoms in total. The molecular formula is C55H55FN10O9. The second kappa shape index (κ2) is 22.7. The van der Waals surface area contributed by atoms with Crippen molar-refractivity contribution in [1.82, 2.24) is 40.0 Å². The summed E-state index contributed by atoms with van der Waals surface area (Å²) in [6, 6.07) is 39.6. The number of anilines is 2. The third kappa shape index (κ3) is 12.2. The molecule has 0 saturated carbocycles. The van der Waals surface area contributed by atoms with Crippen LogP contribution in [-0.4, -0.2) is 99.7 Å². The van der Waals surface area contributed by atoms with Gasteiger partial charge in [-0.05, 0) is 76.2 Å². The van der Waals surface area contributed by atoms with E-state index in [2.05, 4.69) is 35.9 Å². The second-order valence-corrected chi connectivity index (χ2v) is 18.2. The number of fused-ring (bicyclic) bond motifs is 4. The molecule has 4 heterocycles. The standard InChI is InChI=1S/C27H25N5O4.C15H13N3O2.C12H14N2O3.CH3F/c1-27(2,35)15-32-21-11-7-6-10-19(21)24(31-32)26(34)28-16-12-13-20(22(14-16)36-3)23-17-8-4-5-9-18(17)25(33)30-29-23;1-20-13-8-9(16)6-7-12(13)14-10-4-2-3-5-11(10)15(19)18-17-14;1-12(2,17)7-14-9-6-4-3-5-8(9)10(13-14)11(15)16;1-2/h4-14,35H,15H2,1-3H3,(H,28,34)(H,30,33);2-8H,16H2,1H3,(H,18,19);3-6,17H,7H2,1-2H3,(H,15,16);1H3/i;;;1D. The van der Waals surface area contributed by atoms with Gasteiger partial charge < -0.3 is 35.8 Å². The van der Waals surface area contributed by atoms with Crippen LogP contribution in [-0.2, 0) is 13.1 Å². The molecule has 4 aromatic heterocycles. The van der Waals surface area contributed by atoms with Crippen molar-refractivity contribution in [2.45, 2.75) is 52.0 Å². The topological polar surface area (TPSA) is 278 Å². The van der Waals surface area contributed by atoms with Gasteiger partial charge in [0, 0.05) is 56.2 Å². The SMILES string of the molecule is CC(C)(O)Cn1nc(C(=O)O)c2ccccc21.COc1cc(N)ccc1-c1n[nH]c(=O)c2ccccc12.COc1cc(NC(=O)c2nn(CC(C)(C)O)c3ccccc23)ccc1-c1n[nH]c(=O)c2ccccc12.[2H]CF. The smallest absolute Gasteiger partial charge is 0.357 e. The van der Waals surface area contributed by atoms with Crippen LogP contribution in [0.3, 0.4) is 0 Å². The van der Waals surface area contributed by atoms with Crippen molar-refractivity contribution in [3.05, 3.63) is 166 Å². The number of aliphatic hydroxyl groups is 2. The van der Waals surface area contributed by atoms with E-state index in [-0.39, 0.29) is 41.5 Å². The molecule has 0 radical (unpaired) electrons. The van der Waals surface area contributed by atoms with Crippen molar-refractivity contribution in [2.24, 2.45) is 0 Å². The Morgan fingerprint density at radius 1 is 0.640 bits per heavy atom. The number of carboxylic acids is 1. The highest BCUT2D eigenvalue weighted by Gasteiger charge is 2.23. The van der Waals surface area contributed by atoms with Crippen LogP contribution in [0.15, 0.2) is 143 Å². The summed E-state index contributed by atoms with van der Waals surface area (Å²) in [7, 11) is 2.11. The number of aromatic carboxylic acids is 1.